The van der Waals surface area contributed by atoms with Crippen LogP contribution in [0.4, 0.5) is 4.39 Å². The van der Waals surface area contributed by atoms with Crippen LogP contribution in [0, 0.1) is 17.8 Å². The van der Waals surface area contributed by atoms with Crippen molar-refractivity contribution in [2.24, 2.45) is 23.5 Å². The Morgan fingerprint density at radius 3 is 2.73 bits per heavy atom. The van der Waals surface area contributed by atoms with Crippen LogP contribution in [-0.4, -0.2) is 89.0 Å². The first-order chi connectivity index (χ1) is 15.7. The van der Waals surface area contributed by atoms with Gasteiger partial charge in [-0.25, -0.2) is 22.5 Å². The van der Waals surface area contributed by atoms with Gasteiger partial charge in [0.2, 0.25) is 10.0 Å². The van der Waals surface area contributed by atoms with Gasteiger partial charge in [-0.3, -0.25) is 5.43 Å². The van der Waals surface area contributed by atoms with Gasteiger partial charge in [0, 0.05) is 39.8 Å². The van der Waals surface area contributed by atoms with Crippen LogP contribution >= 0.6 is 0 Å². The highest BCUT2D eigenvalue weighted by molar-refractivity contribution is 7.90. The first-order valence-corrected chi connectivity index (χ1v) is 14.1. The first kappa shape index (κ1) is 25.7. The summed E-state index contributed by atoms with van der Waals surface area (Å²) in [5.41, 5.74) is 8.20. The van der Waals surface area contributed by atoms with Crippen LogP contribution in [0.15, 0.2) is 0 Å². The van der Waals surface area contributed by atoms with E-state index in [9.17, 15) is 8.42 Å². The van der Waals surface area contributed by atoms with E-state index < -0.39 is 20.9 Å². The zero-order valence-corrected chi connectivity index (χ0v) is 21.0. The Balaban J connectivity index is 1.36. The molecule has 0 bridgehead atoms. The van der Waals surface area contributed by atoms with Crippen LogP contribution in [0.2, 0.25) is 0 Å². The molecule has 0 radical (unpaired) electrons. The summed E-state index contributed by atoms with van der Waals surface area (Å²) in [5, 5.41) is 7.94. The van der Waals surface area contributed by atoms with Gasteiger partial charge in [-0.05, 0) is 62.8 Å². The summed E-state index contributed by atoms with van der Waals surface area (Å²) in [6.45, 7) is 3.91. The van der Waals surface area contributed by atoms with E-state index in [1.807, 2.05) is 12.1 Å². The molecule has 2 aliphatic heterocycles. The Kier molecular flexibility index (Phi) is 8.02. The van der Waals surface area contributed by atoms with E-state index in [-0.39, 0.29) is 43.4 Å². The van der Waals surface area contributed by atoms with Crippen LogP contribution in [0.1, 0.15) is 45.4 Å². The summed E-state index contributed by atoms with van der Waals surface area (Å²) in [7, 11) is -0.0973. The molecule has 11 heteroatoms. The number of hydrogen-bond acceptors (Lipinski definition) is 8. The van der Waals surface area contributed by atoms with E-state index in [1.54, 1.807) is 7.11 Å². The average molecular weight is 491 g/mol. The van der Waals surface area contributed by atoms with Gasteiger partial charge >= 0.3 is 0 Å². The molecular formula is C22H43FN6O3S. The average Bonchev–Trinajstić information content (AvgIpc) is 3.14. The minimum absolute atomic E-state index is 0.00952. The summed E-state index contributed by atoms with van der Waals surface area (Å²) in [6.07, 6.45) is 4.32. The number of hydrazine groups is 1. The van der Waals surface area contributed by atoms with E-state index in [0.29, 0.717) is 31.1 Å². The van der Waals surface area contributed by atoms with Crippen LogP contribution in [0.5, 0.6) is 0 Å². The highest BCUT2D eigenvalue weighted by atomic mass is 32.2. The van der Waals surface area contributed by atoms with Gasteiger partial charge in [0.1, 0.15) is 10.9 Å². The van der Waals surface area contributed by atoms with Crippen molar-refractivity contribution >= 4 is 10.0 Å². The van der Waals surface area contributed by atoms with Gasteiger partial charge in [-0.2, -0.15) is 0 Å². The number of likely N-dealkylation sites (N-methyl/N-ethyl adjacent to an activating group) is 1. The number of sulfonamides is 1. The third-order valence-electron chi connectivity index (χ3n) is 8.53. The van der Waals surface area contributed by atoms with Gasteiger partial charge in [0.25, 0.3) is 0 Å². The number of fused-ring (bicyclic) bond motifs is 1. The number of piperidine rings is 1. The summed E-state index contributed by atoms with van der Waals surface area (Å²) in [4.78, 5) is 0. The molecule has 2 heterocycles. The summed E-state index contributed by atoms with van der Waals surface area (Å²) < 4.78 is 50.5. The Morgan fingerprint density at radius 1 is 1.30 bits per heavy atom. The minimum Gasteiger partial charge on any atom is -0.380 e. The van der Waals surface area contributed by atoms with E-state index in [4.69, 9.17) is 10.5 Å². The van der Waals surface area contributed by atoms with Crippen LogP contribution < -0.4 is 26.5 Å². The third-order valence-corrected chi connectivity index (χ3v) is 10.4. The molecule has 2 saturated carbocycles. The lowest BCUT2D eigenvalue weighted by atomic mass is 9.64. The van der Waals surface area contributed by atoms with Crippen molar-refractivity contribution in [3.8, 4) is 0 Å². The lowest BCUT2D eigenvalue weighted by Crippen LogP contribution is -2.62. The zero-order valence-electron chi connectivity index (χ0n) is 20.2. The van der Waals surface area contributed by atoms with E-state index in [0.717, 1.165) is 32.4 Å². The molecule has 0 aromatic heterocycles. The molecule has 0 spiro atoms. The van der Waals surface area contributed by atoms with Gasteiger partial charge in [0.15, 0.2) is 0 Å². The second-order valence-corrected chi connectivity index (χ2v) is 12.8. The van der Waals surface area contributed by atoms with Gasteiger partial charge in [0.05, 0.1) is 18.3 Å². The number of ether oxygens (including phenoxy) is 1. The van der Waals surface area contributed by atoms with Crippen molar-refractivity contribution in [1.29, 1.82) is 0 Å². The van der Waals surface area contributed by atoms with Crippen molar-refractivity contribution in [2.45, 2.75) is 80.7 Å². The number of nitrogens with zero attached hydrogens (tertiary/aromatic N) is 1. The van der Waals surface area contributed by atoms with Crippen molar-refractivity contribution < 1.29 is 17.5 Å². The second kappa shape index (κ2) is 10.3. The number of hydrogen-bond donors (Lipinski definition) is 5. The van der Waals surface area contributed by atoms with Crippen molar-refractivity contribution in [3.05, 3.63) is 0 Å². The quantitative estimate of drug-likeness (QED) is 0.304. The highest BCUT2D eigenvalue weighted by Crippen LogP contribution is 2.49. The van der Waals surface area contributed by atoms with Gasteiger partial charge in [-0.15, -0.1) is 0 Å². The smallest absolute Gasteiger partial charge is 0.217 e. The first-order valence-electron chi connectivity index (χ1n) is 12.5. The van der Waals surface area contributed by atoms with Gasteiger partial charge in [-0.1, -0.05) is 6.92 Å². The fourth-order valence-corrected chi connectivity index (χ4v) is 8.08. The number of nitrogens with one attached hydrogen (secondary N) is 4. The van der Waals surface area contributed by atoms with E-state index >= 15 is 4.39 Å². The van der Waals surface area contributed by atoms with Crippen molar-refractivity contribution in [3.63, 3.8) is 0 Å². The molecule has 9 nitrogen and oxygen atoms in total. The number of alkyl halides is 1. The molecule has 6 N–H and O–H groups in total. The molecule has 0 amide bonds. The predicted octanol–water partition coefficient (Wildman–Crippen LogP) is -0.101. The second-order valence-electron chi connectivity index (χ2n) is 10.8. The SMILES string of the molecule is COC1CCC2CNN(C)C2C1NS(=O)(=O)C(CN)CNC1CC(C2(F)CC(C)C2)CCN1. The molecule has 2 saturated heterocycles. The van der Waals surface area contributed by atoms with E-state index in [1.165, 1.54) is 0 Å². The third kappa shape index (κ3) is 5.40. The summed E-state index contributed by atoms with van der Waals surface area (Å²) >= 11 is 0. The maximum absolute atomic E-state index is 15.1. The lowest BCUT2D eigenvalue weighted by molar-refractivity contribution is -0.0562. The van der Waals surface area contributed by atoms with Gasteiger partial charge < -0.3 is 21.1 Å². The monoisotopic (exact) mass is 490 g/mol. The summed E-state index contributed by atoms with van der Waals surface area (Å²) in [6, 6.07) is -0.298. The fourth-order valence-electron chi connectivity index (χ4n) is 6.65. The maximum atomic E-state index is 15.1. The molecule has 7 unspecified atom stereocenters. The topological polar surface area (TPSA) is 121 Å². The molecular weight excluding hydrogens is 447 g/mol. The van der Waals surface area contributed by atoms with Crippen molar-refractivity contribution in [1.82, 2.24) is 25.8 Å². The maximum Gasteiger partial charge on any atom is 0.217 e. The van der Waals surface area contributed by atoms with E-state index in [2.05, 4.69) is 27.7 Å². The Morgan fingerprint density at radius 2 is 2.06 bits per heavy atom. The number of methoxy groups -OCH3 is 1. The minimum atomic E-state index is -3.69. The molecule has 192 valence electrons. The zero-order chi connectivity index (χ0) is 23.8. The fraction of sp³-hybridized carbons (Fsp3) is 1.00. The Hall–Kier alpha value is -0.400. The normalized spacial score (nSPS) is 43.1. The molecule has 0 aromatic rings. The number of halogens is 1. The standard InChI is InChI=1S/C22H43FN6O3S/c1-14-9-22(23,10-14)16-6-7-25-19(8-16)26-13-17(11-24)33(30,31)28-20-18(32-3)5-4-15-12-27-29(2)21(15)20/h14-21,25-28H,4-13,24H2,1-3H3. The molecule has 33 heavy (non-hydrogen) atoms. The van der Waals surface area contributed by atoms with Crippen LogP contribution in [0.25, 0.3) is 0 Å². The Labute approximate surface area is 198 Å². The molecule has 4 aliphatic rings. The Bertz CT molecular complexity index is 767. The predicted molar refractivity (Wildman–Crippen MR) is 127 cm³/mol. The molecule has 4 fully saturated rings. The molecule has 4 rings (SSSR count). The number of rotatable bonds is 9. The molecule has 7 atom stereocenters. The largest absolute Gasteiger partial charge is 0.380 e. The van der Waals surface area contributed by atoms with Crippen LogP contribution in [-0.2, 0) is 14.8 Å². The summed E-state index contributed by atoms with van der Waals surface area (Å²) in [5.74, 6) is 0.860. The molecule has 0 aromatic carbocycles. The van der Waals surface area contributed by atoms with Crippen molar-refractivity contribution in [2.75, 3.05) is 40.3 Å². The molecule has 2 aliphatic carbocycles. The lowest BCUT2D eigenvalue weighted by Gasteiger charge is -2.48. The van der Waals surface area contributed by atoms with Crippen LogP contribution in [0.3, 0.4) is 0 Å². The number of nitrogens with two attached hydrogens (primary N) is 1. The highest BCUT2D eigenvalue weighted by Gasteiger charge is 2.50.